The molecule has 0 aliphatic heterocycles. The van der Waals surface area contributed by atoms with Crippen molar-refractivity contribution in [3.8, 4) is 11.5 Å². The van der Waals surface area contributed by atoms with Gasteiger partial charge in [-0.1, -0.05) is 6.07 Å². The van der Waals surface area contributed by atoms with E-state index in [-0.39, 0.29) is 18.0 Å². The van der Waals surface area contributed by atoms with Gasteiger partial charge in [0.05, 0.1) is 13.2 Å². The molecule has 0 saturated heterocycles. The summed E-state index contributed by atoms with van der Waals surface area (Å²) in [5.41, 5.74) is 5.51. The summed E-state index contributed by atoms with van der Waals surface area (Å²) in [4.78, 5) is 0. The van der Waals surface area contributed by atoms with Crippen LogP contribution in [0.3, 0.4) is 0 Å². The Kier molecular flexibility index (Phi) is 5.26. The molecule has 4 N–H and O–H groups in total. The van der Waals surface area contributed by atoms with Crippen LogP contribution in [0.25, 0.3) is 0 Å². The lowest BCUT2D eigenvalue weighted by Gasteiger charge is -2.18. The lowest BCUT2D eigenvalue weighted by molar-refractivity contribution is -0.0512. The minimum atomic E-state index is -2.97. The van der Waals surface area contributed by atoms with Crippen molar-refractivity contribution in [2.75, 3.05) is 13.7 Å². The number of benzene rings is 1. The van der Waals surface area contributed by atoms with Gasteiger partial charge in [0.2, 0.25) is 0 Å². The van der Waals surface area contributed by atoms with Crippen molar-refractivity contribution >= 4 is 0 Å². The van der Waals surface area contributed by atoms with Gasteiger partial charge in [-0.3, -0.25) is 0 Å². The summed E-state index contributed by atoms with van der Waals surface area (Å²) < 4.78 is 33.3. The summed E-state index contributed by atoms with van der Waals surface area (Å²) in [6.45, 7) is -3.09. The van der Waals surface area contributed by atoms with E-state index in [2.05, 4.69) is 4.74 Å². The first-order valence-electron chi connectivity index (χ1n) is 5.18. The number of hydrogen-bond acceptors (Lipinski definition) is 5. The minimum absolute atomic E-state index is 0.0380. The van der Waals surface area contributed by atoms with E-state index in [9.17, 15) is 19.0 Å². The predicted octanol–water partition coefficient (Wildman–Crippen LogP) is 0.650. The number of ether oxygens (including phenoxy) is 2. The van der Waals surface area contributed by atoms with E-state index in [1.807, 2.05) is 0 Å². The Labute approximate surface area is 103 Å². The second-order valence-electron chi connectivity index (χ2n) is 3.54. The molecule has 0 amide bonds. The molecule has 1 aromatic carbocycles. The quantitative estimate of drug-likeness (QED) is 0.701. The van der Waals surface area contributed by atoms with Gasteiger partial charge >= 0.3 is 6.61 Å². The van der Waals surface area contributed by atoms with Crippen LogP contribution in [0.15, 0.2) is 18.2 Å². The molecular weight excluding hydrogens is 248 g/mol. The molecule has 0 aliphatic rings. The number of halogens is 2. The van der Waals surface area contributed by atoms with Crippen LogP contribution >= 0.6 is 0 Å². The molecule has 18 heavy (non-hydrogen) atoms. The van der Waals surface area contributed by atoms with Gasteiger partial charge in [0.1, 0.15) is 6.10 Å². The van der Waals surface area contributed by atoms with E-state index in [0.717, 1.165) is 0 Å². The Morgan fingerprint density at radius 2 is 1.94 bits per heavy atom. The molecule has 102 valence electrons. The smallest absolute Gasteiger partial charge is 0.387 e. The molecule has 7 heteroatoms. The van der Waals surface area contributed by atoms with Gasteiger partial charge in [-0.2, -0.15) is 8.78 Å². The van der Waals surface area contributed by atoms with Crippen molar-refractivity contribution in [1.82, 2.24) is 0 Å². The van der Waals surface area contributed by atoms with E-state index >= 15 is 0 Å². The summed E-state index contributed by atoms with van der Waals surface area (Å²) in [5.74, 6) is -0.109. The summed E-state index contributed by atoms with van der Waals surface area (Å²) in [6.07, 6.45) is -2.36. The maximum absolute atomic E-state index is 12.1. The number of methoxy groups -OCH3 is 1. The summed E-state index contributed by atoms with van der Waals surface area (Å²) in [5, 5.41) is 19.1. The first kappa shape index (κ1) is 14.6. The van der Waals surface area contributed by atoms with Gasteiger partial charge < -0.3 is 25.4 Å². The summed E-state index contributed by atoms with van der Waals surface area (Å²) >= 11 is 0. The van der Waals surface area contributed by atoms with Crippen molar-refractivity contribution in [2.24, 2.45) is 5.73 Å². The SMILES string of the molecule is COc1cc(C(O)C(O)CN)ccc1OC(F)F. The third-order valence-corrected chi connectivity index (χ3v) is 2.35. The number of hydrogen-bond donors (Lipinski definition) is 3. The molecule has 0 bridgehead atoms. The van der Waals surface area contributed by atoms with Crippen molar-refractivity contribution in [3.05, 3.63) is 23.8 Å². The normalized spacial score (nSPS) is 14.4. The Bertz CT molecular complexity index is 389. The molecule has 0 heterocycles. The average Bonchev–Trinajstić information content (AvgIpc) is 2.36. The van der Waals surface area contributed by atoms with Crippen molar-refractivity contribution in [1.29, 1.82) is 0 Å². The topological polar surface area (TPSA) is 84.9 Å². The summed E-state index contributed by atoms with van der Waals surface area (Å²) in [6, 6.07) is 3.89. The molecule has 0 aliphatic carbocycles. The van der Waals surface area contributed by atoms with E-state index in [1.54, 1.807) is 0 Å². The fourth-order valence-corrected chi connectivity index (χ4v) is 1.41. The average molecular weight is 263 g/mol. The number of aliphatic hydroxyl groups is 2. The molecule has 2 unspecified atom stereocenters. The summed E-state index contributed by atoms with van der Waals surface area (Å²) in [7, 11) is 1.28. The van der Waals surface area contributed by atoms with Crippen LogP contribution in [0, 0.1) is 0 Å². The van der Waals surface area contributed by atoms with Crippen LogP contribution in [0.5, 0.6) is 11.5 Å². The molecule has 0 saturated carbocycles. The van der Waals surface area contributed by atoms with E-state index in [1.165, 1.54) is 25.3 Å². The monoisotopic (exact) mass is 263 g/mol. The van der Waals surface area contributed by atoms with E-state index in [0.29, 0.717) is 5.56 Å². The molecular formula is C11H15F2NO4. The van der Waals surface area contributed by atoms with Crippen LogP contribution < -0.4 is 15.2 Å². The van der Waals surface area contributed by atoms with Crippen LogP contribution in [-0.2, 0) is 0 Å². The molecule has 0 aromatic heterocycles. The van der Waals surface area contributed by atoms with Gasteiger partial charge in [-0.15, -0.1) is 0 Å². The lowest BCUT2D eigenvalue weighted by atomic mass is 10.0. The zero-order valence-corrected chi connectivity index (χ0v) is 9.72. The lowest BCUT2D eigenvalue weighted by Crippen LogP contribution is -2.27. The maximum Gasteiger partial charge on any atom is 0.387 e. The fourth-order valence-electron chi connectivity index (χ4n) is 1.41. The third-order valence-electron chi connectivity index (χ3n) is 2.35. The van der Waals surface area contributed by atoms with Crippen LogP contribution in [-0.4, -0.2) is 36.6 Å². The van der Waals surface area contributed by atoms with E-state index in [4.69, 9.17) is 10.5 Å². The second-order valence-corrected chi connectivity index (χ2v) is 3.54. The molecule has 0 radical (unpaired) electrons. The maximum atomic E-state index is 12.1. The second kappa shape index (κ2) is 6.48. The standard InChI is InChI=1S/C11H15F2NO4/c1-17-9-4-6(10(16)7(15)5-14)2-3-8(9)18-11(12)13/h2-4,7,10-11,15-16H,5,14H2,1H3. The van der Waals surface area contributed by atoms with Gasteiger partial charge in [-0.05, 0) is 17.7 Å². The van der Waals surface area contributed by atoms with Gasteiger partial charge in [0, 0.05) is 6.54 Å². The Balaban J connectivity index is 2.97. The van der Waals surface area contributed by atoms with Crippen LogP contribution in [0.2, 0.25) is 0 Å². The highest BCUT2D eigenvalue weighted by molar-refractivity contribution is 5.43. The minimum Gasteiger partial charge on any atom is -0.493 e. The van der Waals surface area contributed by atoms with Crippen molar-refractivity contribution in [2.45, 2.75) is 18.8 Å². The van der Waals surface area contributed by atoms with E-state index < -0.39 is 18.8 Å². The number of alkyl halides is 2. The highest BCUT2D eigenvalue weighted by atomic mass is 19.3. The largest absolute Gasteiger partial charge is 0.493 e. The molecule has 1 rings (SSSR count). The Hall–Kier alpha value is -1.44. The molecule has 2 atom stereocenters. The number of nitrogens with two attached hydrogens (primary N) is 1. The Morgan fingerprint density at radius 3 is 2.44 bits per heavy atom. The fraction of sp³-hybridized carbons (Fsp3) is 0.455. The molecule has 0 spiro atoms. The zero-order valence-electron chi connectivity index (χ0n) is 9.72. The highest BCUT2D eigenvalue weighted by Crippen LogP contribution is 2.32. The predicted molar refractivity (Wildman–Crippen MR) is 59.6 cm³/mol. The number of aliphatic hydroxyl groups excluding tert-OH is 2. The zero-order chi connectivity index (χ0) is 13.7. The van der Waals surface area contributed by atoms with Crippen molar-refractivity contribution in [3.63, 3.8) is 0 Å². The third kappa shape index (κ3) is 3.52. The highest BCUT2D eigenvalue weighted by Gasteiger charge is 2.19. The molecule has 5 nitrogen and oxygen atoms in total. The van der Waals surface area contributed by atoms with Gasteiger partial charge in [-0.25, -0.2) is 0 Å². The molecule has 1 aromatic rings. The first-order chi connectivity index (χ1) is 8.49. The van der Waals surface area contributed by atoms with Crippen LogP contribution in [0.1, 0.15) is 11.7 Å². The van der Waals surface area contributed by atoms with Gasteiger partial charge in [0.25, 0.3) is 0 Å². The van der Waals surface area contributed by atoms with Crippen LogP contribution in [0.4, 0.5) is 8.78 Å². The van der Waals surface area contributed by atoms with Gasteiger partial charge in [0.15, 0.2) is 11.5 Å². The Morgan fingerprint density at radius 1 is 1.28 bits per heavy atom. The molecule has 0 fully saturated rings. The number of rotatable bonds is 6. The first-order valence-corrected chi connectivity index (χ1v) is 5.18. The van der Waals surface area contributed by atoms with Crippen molar-refractivity contribution < 1.29 is 28.5 Å².